The minimum absolute atomic E-state index is 0.293. The molecule has 2 aliphatic rings. The van der Waals surface area contributed by atoms with Crippen molar-refractivity contribution in [2.45, 2.75) is 50.4 Å². The summed E-state index contributed by atoms with van der Waals surface area (Å²) in [7, 11) is 0. The largest absolute Gasteiger partial charge is 0.298 e. The number of hydrogen-bond acceptors (Lipinski definition) is 6. The van der Waals surface area contributed by atoms with Gasteiger partial charge in [-0.2, -0.15) is 0 Å². The maximum absolute atomic E-state index is 13.9. The average Bonchev–Trinajstić information content (AvgIpc) is 3.62. The van der Waals surface area contributed by atoms with E-state index in [1.165, 1.54) is 23.6 Å². The smallest absolute Gasteiger partial charge is 0.251 e. The molecule has 2 aliphatic heterocycles. The van der Waals surface area contributed by atoms with Gasteiger partial charge in [0.1, 0.15) is 22.4 Å². The second-order valence-corrected chi connectivity index (χ2v) is 17.0. The molecule has 4 amide bonds. The molecule has 2 heterocycles. The first-order valence-corrected chi connectivity index (χ1v) is 20.9. The molecule has 0 bridgehead atoms. The molecule has 0 spiro atoms. The molecular formula is C50H40Br2N2O6. The fraction of sp³-hybridized carbons (Fsp3) is 0.160. The van der Waals surface area contributed by atoms with Crippen LogP contribution in [0.15, 0.2) is 167 Å². The van der Waals surface area contributed by atoms with Crippen molar-refractivity contribution < 1.29 is 28.8 Å². The lowest BCUT2D eigenvalue weighted by Crippen LogP contribution is -2.47. The Morgan fingerprint density at radius 1 is 0.450 bits per heavy atom. The van der Waals surface area contributed by atoms with Crippen molar-refractivity contribution in [1.29, 1.82) is 0 Å². The van der Waals surface area contributed by atoms with Crippen LogP contribution < -0.4 is 9.80 Å². The summed E-state index contributed by atoms with van der Waals surface area (Å²) in [6.07, 6.45) is 0. The highest BCUT2D eigenvalue weighted by Gasteiger charge is 2.55. The number of carbonyl (C=O) groups excluding carboxylic acids is 6. The molecule has 0 unspecified atom stereocenters. The fourth-order valence-electron chi connectivity index (χ4n) is 8.02. The van der Waals surface area contributed by atoms with Gasteiger partial charge in [-0.05, 0) is 86.3 Å². The highest BCUT2D eigenvalue weighted by atomic mass is 79.9. The van der Waals surface area contributed by atoms with Crippen LogP contribution in [-0.4, -0.2) is 35.2 Å². The van der Waals surface area contributed by atoms with Gasteiger partial charge >= 0.3 is 0 Å². The van der Waals surface area contributed by atoms with Crippen LogP contribution in [0.25, 0.3) is 0 Å². The summed E-state index contributed by atoms with van der Waals surface area (Å²) in [5, 5.41) is 0. The van der Waals surface area contributed by atoms with Gasteiger partial charge in [-0.25, -0.2) is 9.80 Å². The number of amides is 4. The molecule has 0 aliphatic carbocycles. The van der Waals surface area contributed by atoms with Crippen molar-refractivity contribution in [3.8, 4) is 0 Å². The number of imide groups is 2. The zero-order valence-electron chi connectivity index (χ0n) is 33.3. The average molecular weight is 925 g/mol. The maximum Gasteiger partial charge on any atom is 0.251 e. The summed E-state index contributed by atoms with van der Waals surface area (Å²) in [5.74, 6) is -3.67. The number of ketones is 2. The third-order valence-electron chi connectivity index (χ3n) is 11.6. The van der Waals surface area contributed by atoms with Crippen LogP contribution in [0.5, 0.6) is 0 Å². The van der Waals surface area contributed by atoms with Gasteiger partial charge in [-0.3, -0.25) is 28.8 Å². The third kappa shape index (κ3) is 7.28. The lowest BCUT2D eigenvalue weighted by Gasteiger charge is -2.25. The first-order chi connectivity index (χ1) is 28.7. The Kier molecular flexibility index (Phi) is 11.8. The number of rotatable bonds is 8. The van der Waals surface area contributed by atoms with Gasteiger partial charge in [0.05, 0.1) is 23.2 Å². The predicted molar refractivity (Wildman–Crippen MR) is 239 cm³/mol. The van der Waals surface area contributed by atoms with Crippen LogP contribution >= 0.6 is 31.9 Å². The van der Waals surface area contributed by atoms with E-state index in [-0.39, 0.29) is 23.4 Å². The topological polar surface area (TPSA) is 109 Å². The van der Waals surface area contributed by atoms with E-state index < -0.39 is 34.5 Å². The maximum atomic E-state index is 13.9. The van der Waals surface area contributed by atoms with Crippen LogP contribution in [0.3, 0.4) is 0 Å². The standard InChI is InChI=1S/2C25H20BrNO3/c2*1-16(28)25(2)20-15-19(26)13-14-21(20)27(24(25)30)23(29)22(17-9-5-3-6-10-17)18-11-7-4-8-12-18/h2*3-15,22H,1-2H3/t2*25-/m11/s1. The van der Waals surface area contributed by atoms with Crippen LogP contribution in [0.2, 0.25) is 0 Å². The Morgan fingerprint density at radius 2 is 0.717 bits per heavy atom. The van der Waals surface area contributed by atoms with Crippen LogP contribution in [0, 0.1) is 0 Å². The number of carbonyl (C=O) groups is 6. The van der Waals surface area contributed by atoms with E-state index in [1.807, 2.05) is 121 Å². The van der Waals surface area contributed by atoms with Gasteiger partial charge in [0.2, 0.25) is 11.8 Å². The number of hydrogen-bond donors (Lipinski definition) is 0. The Labute approximate surface area is 365 Å². The number of benzene rings is 6. The molecule has 0 N–H and O–H groups in total. The van der Waals surface area contributed by atoms with Crippen LogP contribution in [0.4, 0.5) is 11.4 Å². The fourth-order valence-corrected chi connectivity index (χ4v) is 8.74. The molecule has 300 valence electrons. The molecule has 6 aromatic carbocycles. The zero-order valence-corrected chi connectivity index (χ0v) is 36.4. The summed E-state index contributed by atoms with van der Waals surface area (Å²) in [5.41, 5.74) is 2.37. The second kappa shape index (κ2) is 16.9. The first kappa shape index (κ1) is 42.0. The van der Waals surface area contributed by atoms with Crippen molar-refractivity contribution in [2.75, 3.05) is 9.80 Å². The molecule has 8 rings (SSSR count). The van der Waals surface area contributed by atoms with E-state index in [0.29, 0.717) is 22.5 Å². The van der Waals surface area contributed by atoms with Crippen molar-refractivity contribution in [3.05, 3.63) is 200 Å². The molecular weight excluding hydrogens is 884 g/mol. The molecule has 0 radical (unpaired) electrons. The van der Waals surface area contributed by atoms with Crippen LogP contribution in [-0.2, 0) is 39.6 Å². The summed E-state index contributed by atoms with van der Waals surface area (Å²) >= 11 is 6.84. The van der Waals surface area contributed by atoms with Gasteiger partial charge in [0, 0.05) is 20.1 Å². The minimum Gasteiger partial charge on any atom is -0.298 e. The van der Waals surface area contributed by atoms with Gasteiger partial charge in [-0.15, -0.1) is 0 Å². The van der Waals surface area contributed by atoms with Crippen LogP contribution in [0.1, 0.15) is 72.9 Å². The SMILES string of the molecule is CC(=O)[C@@]1(C)C(=O)N(C(=O)C(c2ccccc2)c2ccccc2)c2ccc(Br)cc21.CC(=O)[C@@]1(C)C(=O)N(C(=O)C(c2ccccc2)c2ccccc2)c2ccc(Br)cc21. The van der Waals surface area contributed by atoms with E-state index in [1.54, 1.807) is 50.2 Å². The van der Waals surface area contributed by atoms with Gasteiger partial charge in [0.25, 0.3) is 11.8 Å². The van der Waals surface area contributed by atoms with Gasteiger partial charge in [-0.1, -0.05) is 153 Å². The van der Waals surface area contributed by atoms with Crippen molar-refractivity contribution in [1.82, 2.24) is 0 Å². The molecule has 60 heavy (non-hydrogen) atoms. The number of nitrogens with zero attached hydrogens (tertiary/aromatic N) is 2. The normalized spacial score (nSPS) is 17.9. The Morgan fingerprint density at radius 3 is 0.967 bits per heavy atom. The highest BCUT2D eigenvalue weighted by Crippen LogP contribution is 2.47. The monoisotopic (exact) mass is 922 g/mol. The van der Waals surface area contributed by atoms with Crippen molar-refractivity contribution in [3.63, 3.8) is 0 Å². The van der Waals surface area contributed by atoms with E-state index >= 15 is 0 Å². The lowest BCUT2D eigenvalue weighted by molar-refractivity contribution is -0.136. The molecule has 6 aromatic rings. The molecule has 10 heteroatoms. The first-order valence-electron chi connectivity index (χ1n) is 19.3. The second-order valence-electron chi connectivity index (χ2n) is 15.2. The van der Waals surface area contributed by atoms with E-state index in [4.69, 9.17) is 0 Å². The van der Waals surface area contributed by atoms with E-state index in [0.717, 1.165) is 31.2 Å². The zero-order chi connectivity index (χ0) is 42.9. The Bertz CT molecular complexity index is 2390. The Balaban J connectivity index is 0.000000181. The minimum atomic E-state index is -1.40. The molecule has 0 fully saturated rings. The van der Waals surface area contributed by atoms with Crippen molar-refractivity contribution in [2.24, 2.45) is 0 Å². The van der Waals surface area contributed by atoms with Gasteiger partial charge < -0.3 is 0 Å². The summed E-state index contributed by atoms with van der Waals surface area (Å²) < 4.78 is 1.50. The number of fused-ring (bicyclic) bond motifs is 2. The van der Waals surface area contributed by atoms with E-state index in [2.05, 4.69) is 31.9 Å². The summed E-state index contributed by atoms with van der Waals surface area (Å²) in [4.78, 5) is 82.3. The molecule has 0 saturated heterocycles. The third-order valence-corrected chi connectivity index (χ3v) is 12.6. The van der Waals surface area contributed by atoms with Gasteiger partial charge in [0.15, 0.2) is 0 Å². The lowest BCUT2D eigenvalue weighted by atomic mass is 9.80. The summed E-state index contributed by atoms with van der Waals surface area (Å²) in [6.45, 7) is 5.97. The molecule has 0 saturated carbocycles. The predicted octanol–water partition coefficient (Wildman–Crippen LogP) is 10.0. The highest BCUT2D eigenvalue weighted by molar-refractivity contribution is 9.10. The Hall–Kier alpha value is -6.10. The summed E-state index contributed by atoms with van der Waals surface area (Å²) in [6, 6.07) is 48.0. The van der Waals surface area contributed by atoms with Crippen molar-refractivity contribution >= 4 is 78.4 Å². The number of anilines is 2. The number of Topliss-reactive ketones (excluding diaryl/α,β-unsaturated/α-hetero) is 2. The molecule has 0 aromatic heterocycles. The van der Waals surface area contributed by atoms with E-state index in [9.17, 15) is 28.8 Å². The quantitative estimate of drug-likeness (QED) is 0.141. The number of halogens is 2. The molecule has 8 nitrogen and oxygen atoms in total. The molecule has 2 atom stereocenters.